The Labute approximate surface area is 296 Å². The number of piperidine rings is 2. The third-order valence-electron chi connectivity index (χ3n) is 10.3. The Morgan fingerprint density at radius 2 is 1.51 bits per heavy atom. The number of nitrogens with one attached hydrogen (secondary N) is 1. The van der Waals surface area contributed by atoms with Crippen LogP contribution in [0.5, 0.6) is 0 Å². The lowest BCUT2D eigenvalue weighted by Gasteiger charge is -2.43. The van der Waals surface area contributed by atoms with Gasteiger partial charge in [-0.2, -0.15) is 0 Å². The molecule has 0 aliphatic carbocycles. The van der Waals surface area contributed by atoms with Gasteiger partial charge in [-0.15, -0.1) is 0 Å². The van der Waals surface area contributed by atoms with Crippen molar-refractivity contribution in [3.63, 3.8) is 0 Å². The molecule has 3 fully saturated rings. The maximum atomic E-state index is 14.0. The van der Waals surface area contributed by atoms with Crippen LogP contribution < -0.4 is 5.32 Å². The van der Waals surface area contributed by atoms with Crippen molar-refractivity contribution in [1.82, 2.24) is 24.5 Å². The van der Waals surface area contributed by atoms with Gasteiger partial charge in [-0.05, 0) is 61.4 Å². The Kier molecular flexibility index (Phi) is 11.5. The Morgan fingerprint density at radius 1 is 0.837 bits per heavy atom. The first-order chi connectivity index (χ1) is 23.6. The summed E-state index contributed by atoms with van der Waals surface area (Å²) in [6, 6.07) is 13.2. The van der Waals surface area contributed by atoms with Crippen LogP contribution in [0.2, 0.25) is 10.0 Å². The number of para-hydroxylation sites is 1. The van der Waals surface area contributed by atoms with Crippen molar-refractivity contribution >= 4 is 52.9 Å². The minimum Gasteiger partial charge on any atom is -0.480 e. The van der Waals surface area contributed by atoms with Crippen molar-refractivity contribution in [2.45, 2.75) is 56.7 Å². The number of benzene rings is 2. The lowest BCUT2D eigenvalue weighted by atomic mass is 10.0. The summed E-state index contributed by atoms with van der Waals surface area (Å²) in [7, 11) is 0. The molecule has 3 saturated heterocycles. The molecule has 0 unspecified atom stereocenters. The summed E-state index contributed by atoms with van der Waals surface area (Å²) in [5, 5.41) is 12.9. The fourth-order valence-electron chi connectivity index (χ4n) is 7.49. The van der Waals surface area contributed by atoms with Gasteiger partial charge in [0.1, 0.15) is 0 Å². The number of halogens is 2. The zero-order valence-corrected chi connectivity index (χ0v) is 29.1. The zero-order chi connectivity index (χ0) is 34.5. The summed E-state index contributed by atoms with van der Waals surface area (Å²) in [6.07, 6.45) is 2.16. The molecule has 14 heteroatoms. The summed E-state index contributed by atoms with van der Waals surface area (Å²) in [5.74, 6) is -1.05. The molecule has 0 bridgehead atoms. The number of ether oxygens (including phenoxy) is 1. The van der Waals surface area contributed by atoms with Crippen molar-refractivity contribution in [3.05, 3.63) is 63.6 Å². The maximum absolute atomic E-state index is 14.0. The fraction of sp³-hybridized carbons (Fsp3) is 0.543. The molecular formula is C35H44Cl2N6O6. The van der Waals surface area contributed by atoms with E-state index < -0.39 is 18.2 Å². The van der Waals surface area contributed by atoms with E-state index in [-0.39, 0.29) is 30.9 Å². The van der Waals surface area contributed by atoms with Gasteiger partial charge < -0.3 is 29.9 Å². The van der Waals surface area contributed by atoms with Gasteiger partial charge in [0.2, 0.25) is 0 Å². The van der Waals surface area contributed by atoms with E-state index in [4.69, 9.17) is 33.0 Å². The summed E-state index contributed by atoms with van der Waals surface area (Å²) < 4.78 is 5.99. The summed E-state index contributed by atoms with van der Waals surface area (Å²) >= 11 is 12.4. The van der Waals surface area contributed by atoms with E-state index in [1.54, 1.807) is 28.0 Å². The van der Waals surface area contributed by atoms with Crippen molar-refractivity contribution in [2.24, 2.45) is 0 Å². The second-order valence-corrected chi connectivity index (χ2v) is 14.2. The summed E-state index contributed by atoms with van der Waals surface area (Å²) in [6.45, 7) is 5.61. The first-order valence-electron chi connectivity index (χ1n) is 17.2. The number of fused-ring (bicyclic) bond motifs is 1. The normalized spacial score (nSPS) is 20.7. The second-order valence-electron chi connectivity index (χ2n) is 13.3. The van der Waals surface area contributed by atoms with E-state index in [0.717, 1.165) is 49.2 Å². The third-order valence-corrected chi connectivity index (χ3v) is 11.0. The number of carbonyl (C=O) groups excluding carboxylic acids is 3. The van der Waals surface area contributed by atoms with Gasteiger partial charge in [-0.1, -0.05) is 47.5 Å². The van der Waals surface area contributed by atoms with Crippen LogP contribution in [0, 0.1) is 0 Å². The van der Waals surface area contributed by atoms with E-state index in [9.17, 15) is 19.2 Å². The predicted molar refractivity (Wildman–Crippen MR) is 186 cm³/mol. The smallest absolute Gasteiger partial charge is 0.410 e. The number of aliphatic carboxylic acids is 1. The van der Waals surface area contributed by atoms with Gasteiger partial charge >= 0.3 is 18.1 Å². The van der Waals surface area contributed by atoms with Crippen LogP contribution in [0.25, 0.3) is 0 Å². The molecule has 264 valence electrons. The van der Waals surface area contributed by atoms with Crippen molar-refractivity contribution in [1.29, 1.82) is 0 Å². The minimum absolute atomic E-state index is 0.00607. The van der Waals surface area contributed by atoms with Gasteiger partial charge in [0.15, 0.2) is 6.10 Å². The zero-order valence-electron chi connectivity index (χ0n) is 27.6. The van der Waals surface area contributed by atoms with E-state index in [0.29, 0.717) is 74.7 Å². The molecule has 49 heavy (non-hydrogen) atoms. The minimum atomic E-state index is -1.03. The average molecular weight is 716 g/mol. The lowest BCUT2D eigenvalue weighted by molar-refractivity contribution is -0.142. The number of rotatable bonds is 8. The highest BCUT2D eigenvalue weighted by Gasteiger charge is 2.36. The lowest BCUT2D eigenvalue weighted by Crippen LogP contribution is -2.55. The number of amides is 4. The van der Waals surface area contributed by atoms with E-state index >= 15 is 0 Å². The van der Waals surface area contributed by atoms with Crippen molar-refractivity contribution in [3.8, 4) is 0 Å². The van der Waals surface area contributed by atoms with Crippen molar-refractivity contribution in [2.75, 3.05) is 70.8 Å². The highest BCUT2D eigenvalue weighted by molar-refractivity contribution is 6.42. The number of piperazine rings is 1. The molecule has 12 nitrogen and oxygen atoms in total. The molecular weight excluding hydrogens is 671 g/mol. The van der Waals surface area contributed by atoms with Crippen molar-refractivity contribution < 1.29 is 29.0 Å². The topological polar surface area (TPSA) is 126 Å². The van der Waals surface area contributed by atoms with Crippen LogP contribution in [-0.2, 0) is 27.2 Å². The number of anilines is 1. The van der Waals surface area contributed by atoms with Crippen LogP contribution in [0.4, 0.5) is 15.3 Å². The molecule has 4 aliphatic rings. The molecule has 2 aromatic rings. The summed E-state index contributed by atoms with van der Waals surface area (Å²) in [4.78, 5) is 61.3. The van der Waals surface area contributed by atoms with Gasteiger partial charge in [-0.3, -0.25) is 19.4 Å². The fourth-order valence-corrected chi connectivity index (χ4v) is 7.81. The number of likely N-dealkylation sites (tertiary alicyclic amines) is 2. The number of carboxylic acid groups (broad SMARTS) is 1. The number of hydrogen-bond donors (Lipinski definition) is 2. The van der Waals surface area contributed by atoms with E-state index in [1.807, 2.05) is 34.1 Å². The van der Waals surface area contributed by atoms with E-state index in [2.05, 4.69) is 10.2 Å². The van der Waals surface area contributed by atoms with Crippen LogP contribution in [0.3, 0.4) is 0 Å². The van der Waals surface area contributed by atoms with Crippen LogP contribution in [0.15, 0.2) is 42.5 Å². The average Bonchev–Trinajstić information content (AvgIpc) is 3.27. The molecule has 0 aromatic heterocycles. The molecule has 0 spiro atoms. The Morgan fingerprint density at radius 3 is 2.20 bits per heavy atom. The monoisotopic (exact) mass is 714 g/mol. The Bertz CT molecular complexity index is 1520. The third kappa shape index (κ3) is 8.78. The molecule has 4 heterocycles. The van der Waals surface area contributed by atoms with Gasteiger partial charge in [0.05, 0.1) is 16.6 Å². The number of hydrogen-bond acceptors (Lipinski definition) is 7. The number of urea groups is 1. The van der Waals surface area contributed by atoms with Crippen LogP contribution in [-0.4, -0.2) is 137 Å². The molecule has 4 aliphatic heterocycles. The standard InChI is InChI=1S/C35H44Cl2N6O6/c36-28-6-5-24(21-29(28)37)22-31(33(46)41-12-8-26(9-13-41)40-19-17-39(18-20-40)23-32(44)45)49-35(48)42-14-10-27(11-15-42)43-16-7-25-3-1-2-4-30(25)38-34(43)47/h1-6,21,26-27,31H,7-20,22-23H2,(H,38,47)(H,44,45)/t31-/m1/s1. The van der Waals surface area contributed by atoms with Gasteiger partial charge in [-0.25, -0.2) is 9.59 Å². The molecule has 4 amide bonds. The molecule has 2 aromatic carbocycles. The van der Waals surface area contributed by atoms with Gasteiger partial charge in [0.25, 0.3) is 5.91 Å². The summed E-state index contributed by atoms with van der Waals surface area (Å²) in [5.41, 5.74) is 2.69. The second kappa shape index (κ2) is 16.0. The number of nitrogens with zero attached hydrogens (tertiary/aromatic N) is 5. The van der Waals surface area contributed by atoms with E-state index in [1.165, 1.54) is 0 Å². The maximum Gasteiger partial charge on any atom is 0.410 e. The number of carbonyl (C=O) groups is 4. The molecule has 0 radical (unpaired) electrons. The SMILES string of the molecule is O=C(O)CN1CCN(C2CCN(C(=O)[C@@H](Cc3ccc(Cl)c(Cl)c3)OC(=O)N3CCC(N4CCc5ccccc5NC4=O)CC3)CC2)CC1. The Balaban J connectivity index is 1.05. The van der Waals surface area contributed by atoms with Crippen LogP contribution >= 0.6 is 23.2 Å². The molecule has 6 rings (SSSR count). The predicted octanol–water partition coefficient (Wildman–Crippen LogP) is 4.29. The highest BCUT2D eigenvalue weighted by atomic mass is 35.5. The first-order valence-corrected chi connectivity index (χ1v) is 17.9. The first kappa shape index (κ1) is 35.3. The van der Waals surface area contributed by atoms with Crippen LogP contribution in [0.1, 0.15) is 36.8 Å². The number of carboxylic acids is 1. The highest BCUT2D eigenvalue weighted by Crippen LogP contribution is 2.27. The molecule has 1 atom stereocenters. The molecule has 2 N–H and O–H groups in total. The largest absolute Gasteiger partial charge is 0.480 e. The molecule has 0 saturated carbocycles. The quantitative estimate of drug-likeness (QED) is 0.415. The van der Waals surface area contributed by atoms with Gasteiger partial charge in [0, 0.05) is 83.1 Å². The Hall–Kier alpha value is -3.58.